The maximum absolute atomic E-state index is 11.5. The van der Waals surface area contributed by atoms with Crippen molar-refractivity contribution in [3.05, 3.63) is 0 Å². The van der Waals surface area contributed by atoms with Gasteiger partial charge in [-0.25, -0.2) is 0 Å². The average molecular weight is 200 g/mol. The van der Waals surface area contributed by atoms with Crippen LogP contribution in [0.15, 0.2) is 0 Å². The lowest BCUT2D eigenvalue weighted by Gasteiger charge is -2.33. The van der Waals surface area contributed by atoms with E-state index in [0.717, 1.165) is 32.8 Å². The highest BCUT2D eigenvalue weighted by Crippen LogP contribution is 2.17. The fourth-order valence-corrected chi connectivity index (χ4v) is 1.73. The van der Waals surface area contributed by atoms with E-state index in [1.807, 2.05) is 13.8 Å². The molecular weight excluding hydrogens is 180 g/mol. The smallest absolute Gasteiger partial charge is 0.226 e. The molecule has 1 saturated heterocycles. The van der Waals surface area contributed by atoms with E-state index in [2.05, 4.69) is 10.2 Å². The molecule has 0 atom stereocenters. The molecule has 0 radical (unpaired) electrons. The molecule has 0 aromatic rings. The van der Waals surface area contributed by atoms with Gasteiger partial charge in [-0.1, -0.05) is 0 Å². The first-order chi connectivity index (χ1) is 6.56. The zero-order valence-electron chi connectivity index (χ0n) is 9.30. The van der Waals surface area contributed by atoms with E-state index < -0.39 is 0 Å². The number of carbonyl (C=O) groups is 1. The summed E-state index contributed by atoms with van der Waals surface area (Å²) in [5, 5.41) is 2.70. The number of nitrogens with zero attached hydrogens (tertiary/aromatic N) is 1. The van der Waals surface area contributed by atoms with Gasteiger partial charge in [0.25, 0.3) is 0 Å². The number of rotatable bonds is 3. The van der Waals surface area contributed by atoms with Crippen LogP contribution in [0.2, 0.25) is 0 Å². The molecule has 1 fully saturated rings. The first kappa shape index (κ1) is 11.5. The number of ether oxygens (including phenoxy) is 1. The topological polar surface area (TPSA) is 41.6 Å². The SMILES string of the molecule is CNC(=O)C(C)(C)CN1CCOCC1. The minimum absolute atomic E-state index is 0.101. The van der Waals surface area contributed by atoms with Gasteiger partial charge in [-0.05, 0) is 13.8 Å². The summed E-state index contributed by atoms with van der Waals surface area (Å²) in [5.74, 6) is 0.101. The van der Waals surface area contributed by atoms with Gasteiger partial charge < -0.3 is 10.1 Å². The molecule has 1 aliphatic heterocycles. The maximum atomic E-state index is 11.5. The predicted molar refractivity (Wildman–Crippen MR) is 55.1 cm³/mol. The van der Waals surface area contributed by atoms with E-state index in [1.54, 1.807) is 7.05 Å². The molecule has 82 valence electrons. The number of hydrogen-bond acceptors (Lipinski definition) is 3. The standard InChI is InChI=1S/C10H20N2O2/c1-10(2,9(13)11-3)8-12-4-6-14-7-5-12/h4-8H2,1-3H3,(H,11,13). The molecule has 0 aromatic heterocycles. The van der Waals surface area contributed by atoms with E-state index in [9.17, 15) is 4.79 Å². The van der Waals surface area contributed by atoms with Gasteiger partial charge in [-0.3, -0.25) is 9.69 Å². The molecule has 1 aliphatic rings. The molecule has 0 bridgehead atoms. The van der Waals surface area contributed by atoms with Gasteiger partial charge in [0.05, 0.1) is 18.6 Å². The number of nitrogens with one attached hydrogen (secondary N) is 1. The third kappa shape index (κ3) is 2.96. The van der Waals surface area contributed by atoms with Crippen molar-refractivity contribution in [3.8, 4) is 0 Å². The van der Waals surface area contributed by atoms with Crippen molar-refractivity contribution in [1.29, 1.82) is 0 Å². The van der Waals surface area contributed by atoms with Crippen LogP contribution in [-0.4, -0.2) is 50.7 Å². The van der Waals surface area contributed by atoms with Crippen LogP contribution in [0, 0.1) is 5.41 Å². The summed E-state index contributed by atoms with van der Waals surface area (Å²) in [6.45, 7) is 8.17. The Kier molecular flexibility index (Phi) is 3.89. The van der Waals surface area contributed by atoms with Crippen molar-refractivity contribution in [1.82, 2.24) is 10.2 Å². The van der Waals surface area contributed by atoms with Crippen molar-refractivity contribution < 1.29 is 9.53 Å². The fourth-order valence-electron chi connectivity index (χ4n) is 1.73. The quantitative estimate of drug-likeness (QED) is 0.702. The van der Waals surface area contributed by atoms with Gasteiger partial charge in [0.15, 0.2) is 0 Å². The third-order valence-electron chi connectivity index (χ3n) is 2.56. The number of hydrogen-bond donors (Lipinski definition) is 1. The lowest BCUT2D eigenvalue weighted by Crippen LogP contribution is -2.47. The first-order valence-electron chi connectivity index (χ1n) is 5.08. The van der Waals surface area contributed by atoms with E-state index >= 15 is 0 Å². The molecule has 0 aromatic carbocycles. The molecule has 14 heavy (non-hydrogen) atoms. The van der Waals surface area contributed by atoms with E-state index in [1.165, 1.54) is 0 Å². The van der Waals surface area contributed by atoms with Crippen molar-refractivity contribution in [3.63, 3.8) is 0 Å². The number of carbonyl (C=O) groups excluding carboxylic acids is 1. The summed E-state index contributed by atoms with van der Waals surface area (Å²) in [7, 11) is 1.68. The fraction of sp³-hybridized carbons (Fsp3) is 0.900. The summed E-state index contributed by atoms with van der Waals surface area (Å²) in [4.78, 5) is 13.8. The molecule has 0 spiro atoms. The Morgan fingerprint density at radius 1 is 1.43 bits per heavy atom. The first-order valence-corrected chi connectivity index (χ1v) is 5.08. The van der Waals surface area contributed by atoms with Crippen LogP contribution in [0.25, 0.3) is 0 Å². The summed E-state index contributed by atoms with van der Waals surface area (Å²) in [5.41, 5.74) is -0.313. The Bertz CT molecular complexity index is 198. The normalized spacial score (nSPS) is 19.4. The largest absolute Gasteiger partial charge is 0.379 e. The van der Waals surface area contributed by atoms with E-state index in [-0.39, 0.29) is 11.3 Å². The molecule has 0 aliphatic carbocycles. The van der Waals surface area contributed by atoms with Crippen LogP contribution in [0.3, 0.4) is 0 Å². The van der Waals surface area contributed by atoms with Crippen LogP contribution in [0.5, 0.6) is 0 Å². The van der Waals surface area contributed by atoms with E-state index in [4.69, 9.17) is 4.74 Å². The molecular formula is C10H20N2O2. The van der Waals surface area contributed by atoms with Crippen LogP contribution >= 0.6 is 0 Å². The number of amides is 1. The van der Waals surface area contributed by atoms with Crippen LogP contribution in [0.1, 0.15) is 13.8 Å². The third-order valence-corrected chi connectivity index (χ3v) is 2.56. The minimum Gasteiger partial charge on any atom is -0.379 e. The van der Waals surface area contributed by atoms with Gasteiger partial charge in [0.1, 0.15) is 0 Å². The van der Waals surface area contributed by atoms with E-state index in [0.29, 0.717) is 0 Å². The Hall–Kier alpha value is -0.610. The Balaban J connectivity index is 2.44. The molecule has 1 N–H and O–H groups in total. The van der Waals surface area contributed by atoms with Gasteiger partial charge in [-0.2, -0.15) is 0 Å². The Morgan fingerprint density at radius 2 is 2.00 bits per heavy atom. The maximum Gasteiger partial charge on any atom is 0.226 e. The monoisotopic (exact) mass is 200 g/mol. The zero-order chi connectivity index (χ0) is 10.6. The summed E-state index contributed by atoms with van der Waals surface area (Å²) in [6.07, 6.45) is 0. The molecule has 1 rings (SSSR count). The average Bonchev–Trinajstić information content (AvgIpc) is 2.17. The van der Waals surface area contributed by atoms with Gasteiger partial charge in [-0.15, -0.1) is 0 Å². The lowest BCUT2D eigenvalue weighted by molar-refractivity contribution is -0.130. The highest BCUT2D eigenvalue weighted by Gasteiger charge is 2.29. The van der Waals surface area contributed by atoms with Crippen molar-refractivity contribution in [2.24, 2.45) is 5.41 Å². The van der Waals surface area contributed by atoms with Crippen LogP contribution in [-0.2, 0) is 9.53 Å². The van der Waals surface area contributed by atoms with Crippen molar-refractivity contribution >= 4 is 5.91 Å². The molecule has 0 unspecified atom stereocenters. The second kappa shape index (κ2) is 4.75. The van der Waals surface area contributed by atoms with Crippen LogP contribution < -0.4 is 5.32 Å². The van der Waals surface area contributed by atoms with Crippen LogP contribution in [0.4, 0.5) is 0 Å². The highest BCUT2D eigenvalue weighted by molar-refractivity contribution is 5.81. The lowest BCUT2D eigenvalue weighted by atomic mass is 9.91. The van der Waals surface area contributed by atoms with Gasteiger partial charge in [0.2, 0.25) is 5.91 Å². The Labute approximate surface area is 85.6 Å². The predicted octanol–water partition coefficient (Wildman–Crippen LogP) is 0.0908. The molecule has 1 heterocycles. The van der Waals surface area contributed by atoms with Gasteiger partial charge >= 0.3 is 0 Å². The second-order valence-electron chi connectivity index (χ2n) is 4.35. The molecule has 1 amide bonds. The summed E-state index contributed by atoms with van der Waals surface area (Å²) in [6, 6.07) is 0. The summed E-state index contributed by atoms with van der Waals surface area (Å²) < 4.78 is 5.26. The minimum atomic E-state index is -0.313. The zero-order valence-corrected chi connectivity index (χ0v) is 9.30. The molecule has 0 saturated carbocycles. The Morgan fingerprint density at radius 3 is 2.50 bits per heavy atom. The molecule has 4 heteroatoms. The molecule has 4 nitrogen and oxygen atoms in total. The summed E-state index contributed by atoms with van der Waals surface area (Å²) >= 11 is 0. The number of morpholine rings is 1. The van der Waals surface area contributed by atoms with Crippen molar-refractivity contribution in [2.45, 2.75) is 13.8 Å². The van der Waals surface area contributed by atoms with Gasteiger partial charge in [0, 0.05) is 26.7 Å². The van der Waals surface area contributed by atoms with Crippen molar-refractivity contribution in [2.75, 3.05) is 39.9 Å². The highest BCUT2D eigenvalue weighted by atomic mass is 16.5. The second-order valence-corrected chi connectivity index (χ2v) is 4.35.